The lowest BCUT2D eigenvalue weighted by atomic mass is 10.1. The van der Waals surface area contributed by atoms with E-state index in [0.29, 0.717) is 48.0 Å². The third-order valence-electron chi connectivity index (χ3n) is 4.46. The van der Waals surface area contributed by atoms with Crippen LogP contribution in [0.3, 0.4) is 0 Å². The lowest BCUT2D eigenvalue weighted by molar-refractivity contribution is -0.132. The molecule has 0 spiro atoms. The summed E-state index contributed by atoms with van der Waals surface area (Å²) in [6.07, 6.45) is 1.54. The fourth-order valence-electron chi connectivity index (χ4n) is 3.12. The van der Waals surface area contributed by atoms with Gasteiger partial charge < -0.3 is 9.64 Å². The van der Waals surface area contributed by atoms with E-state index < -0.39 is 6.09 Å². The van der Waals surface area contributed by atoms with Gasteiger partial charge in [-0.1, -0.05) is 11.6 Å². The van der Waals surface area contributed by atoms with Gasteiger partial charge in [0.15, 0.2) is 0 Å². The Labute approximate surface area is 147 Å². The van der Waals surface area contributed by atoms with E-state index in [0.717, 1.165) is 0 Å². The predicted molar refractivity (Wildman–Crippen MR) is 88.5 cm³/mol. The number of hydrogen-bond acceptors (Lipinski definition) is 5. The van der Waals surface area contributed by atoms with Gasteiger partial charge in [-0.05, 0) is 12.1 Å². The summed E-state index contributed by atoms with van der Waals surface area (Å²) >= 11 is 5.96. The Bertz CT molecular complexity index is 942. The average Bonchev–Trinajstić information content (AvgIpc) is 3.00. The van der Waals surface area contributed by atoms with E-state index in [9.17, 15) is 14.4 Å². The number of ether oxygens (including phenoxy) is 1. The topological polar surface area (TPSA) is 84.2 Å². The number of cyclic esters (lactones) is 1. The highest BCUT2D eigenvalue weighted by molar-refractivity contribution is 6.30. The lowest BCUT2D eigenvalue weighted by Gasteiger charge is -2.29. The van der Waals surface area contributed by atoms with Gasteiger partial charge in [0.2, 0.25) is 5.91 Å². The summed E-state index contributed by atoms with van der Waals surface area (Å²) < 4.78 is 6.22. The molecule has 8 nitrogen and oxygen atoms in total. The molecule has 0 aromatic carbocycles. The van der Waals surface area contributed by atoms with Crippen LogP contribution in [0.1, 0.15) is 11.3 Å². The first-order chi connectivity index (χ1) is 12.0. The first-order valence-electron chi connectivity index (χ1n) is 7.92. The second-order valence-electron chi connectivity index (χ2n) is 6.02. The van der Waals surface area contributed by atoms with Gasteiger partial charge in [0, 0.05) is 19.2 Å². The standard InChI is InChI=1S/C16H15ClN4O4/c17-10-1-2-13-18-12-3-4-19(8-11(12)15(23)21(13)7-10)14(22)9-20-5-6-25-16(20)24/h1-2,7H,3-6,8-9H2. The highest BCUT2D eigenvalue weighted by Gasteiger charge is 2.29. The molecule has 2 aromatic rings. The molecule has 2 aliphatic heterocycles. The van der Waals surface area contributed by atoms with Crippen molar-refractivity contribution in [3.05, 3.63) is 45.0 Å². The fraction of sp³-hybridized carbons (Fsp3) is 0.375. The summed E-state index contributed by atoms with van der Waals surface area (Å²) in [5, 5.41) is 0.438. The molecule has 130 valence electrons. The van der Waals surface area contributed by atoms with Crippen LogP contribution in [0.5, 0.6) is 0 Å². The van der Waals surface area contributed by atoms with Gasteiger partial charge in [-0.15, -0.1) is 0 Å². The predicted octanol–water partition coefficient (Wildman–Crippen LogP) is 0.685. The molecular formula is C16H15ClN4O4. The SMILES string of the molecule is O=C(CN1CCOC1=O)N1CCc2nc3ccc(Cl)cn3c(=O)c2C1. The summed E-state index contributed by atoms with van der Waals surface area (Å²) in [5.41, 5.74) is 1.51. The summed E-state index contributed by atoms with van der Waals surface area (Å²) in [6, 6.07) is 3.38. The molecule has 0 N–H and O–H groups in total. The van der Waals surface area contributed by atoms with Crippen molar-refractivity contribution in [2.45, 2.75) is 13.0 Å². The molecule has 9 heteroatoms. The van der Waals surface area contributed by atoms with Crippen molar-refractivity contribution in [1.82, 2.24) is 19.2 Å². The van der Waals surface area contributed by atoms with Crippen LogP contribution in [0.15, 0.2) is 23.1 Å². The molecule has 1 fully saturated rings. The van der Waals surface area contributed by atoms with Crippen molar-refractivity contribution in [3.8, 4) is 0 Å². The summed E-state index contributed by atoms with van der Waals surface area (Å²) in [7, 11) is 0. The molecule has 25 heavy (non-hydrogen) atoms. The van der Waals surface area contributed by atoms with E-state index in [1.165, 1.54) is 15.5 Å². The molecule has 0 unspecified atom stereocenters. The highest BCUT2D eigenvalue weighted by Crippen LogP contribution is 2.17. The minimum Gasteiger partial charge on any atom is -0.448 e. The van der Waals surface area contributed by atoms with E-state index in [1.54, 1.807) is 17.0 Å². The lowest BCUT2D eigenvalue weighted by Crippen LogP contribution is -2.45. The van der Waals surface area contributed by atoms with Gasteiger partial charge >= 0.3 is 6.09 Å². The number of aromatic nitrogens is 2. The summed E-state index contributed by atoms with van der Waals surface area (Å²) in [4.78, 5) is 44.1. The molecule has 0 atom stereocenters. The van der Waals surface area contributed by atoms with Crippen molar-refractivity contribution in [1.29, 1.82) is 0 Å². The molecule has 1 saturated heterocycles. The normalized spacial score (nSPS) is 16.9. The van der Waals surface area contributed by atoms with Crippen LogP contribution in [-0.2, 0) is 22.5 Å². The largest absolute Gasteiger partial charge is 0.448 e. The molecule has 0 radical (unpaired) electrons. The third kappa shape index (κ3) is 2.82. The van der Waals surface area contributed by atoms with E-state index in [-0.39, 0.29) is 24.6 Å². The number of amides is 2. The van der Waals surface area contributed by atoms with Crippen LogP contribution >= 0.6 is 11.6 Å². The molecule has 2 aromatic heterocycles. The minimum absolute atomic E-state index is 0.0393. The van der Waals surface area contributed by atoms with Crippen LogP contribution in [0, 0.1) is 0 Å². The summed E-state index contributed by atoms with van der Waals surface area (Å²) in [6.45, 7) is 1.31. The number of halogens is 1. The zero-order valence-electron chi connectivity index (χ0n) is 13.3. The highest BCUT2D eigenvalue weighted by atomic mass is 35.5. The van der Waals surface area contributed by atoms with Gasteiger partial charge in [0.05, 0.1) is 29.4 Å². The Hall–Kier alpha value is -2.61. The van der Waals surface area contributed by atoms with Crippen molar-refractivity contribution in [2.24, 2.45) is 0 Å². The van der Waals surface area contributed by atoms with E-state index in [2.05, 4.69) is 4.98 Å². The van der Waals surface area contributed by atoms with Crippen LogP contribution < -0.4 is 5.56 Å². The van der Waals surface area contributed by atoms with Crippen LogP contribution in [-0.4, -0.2) is 57.4 Å². The molecule has 0 saturated carbocycles. The van der Waals surface area contributed by atoms with E-state index >= 15 is 0 Å². The van der Waals surface area contributed by atoms with E-state index in [1.807, 2.05) is 0 Å². The summed E-state index contributed by atoms with van der Waals surface area (Å²) in [5.74, 6) is -0.208. The third-order valence-corrected chi connectivity index (χ3v) is 4.68. The number of fused-ring (bicyclic) bond motifs is 2. The number of rotatable bonds is 2. The molecule has 0 bridgehead atoms. The molecular weight excluding hydrogens is 348 g/mol. The minimum atomic E-state index is -0.479. The van der Waals surface area contributed by atoms with Crippen LogP contribution in [0.4, 0.5) is 4.79 Å². The number of pyridine rings is 1. The number of carbonyl (C=O) groups excluding carboxylic acids is 2. The Morgan fingerprint density at radius 3 is 2.88 bits per heavy atom. The molecule has 2 amide bonds. The van der Waals surface area contributed by atoms with Crippen molar-refractivity contribution < 1.29 is 14.3 Å². The van der Waals surface area contributed by atoms with Gasteiger partial charge in [-0.25, -0.2) is 9.78 Å². The van der Waals surface area contributed by atoms with Crippen molar-refractivity contribution >= 4 is 29.2 Å². The van der Waals surface area contributed by atoms with E-state index in [4.69, 9.17) is 16.3 Å². The maximum absolute atomic E-state index is 12.7. The second-order valence-corrected chi connectivity index (χ2v) is 6.46. The first-order valence-corrected chi connectivity index (χ1v) is 8.30. The molecule has 0 aliphatic carbocycles. The van der Waals surface area contributed by atoms with Gasteiger partial charge in [-0.2, -0.15) is 0 Å². The maximum atomic E-state index is 12.7. The fourth-order valence-corrected chi connectivity index (χ4v) is 3.28. The van der Waals surface area contributed by atoms with Gasteiger partial charge in [0.25, 0.3) is 5.56 Å². The Balaban J connectivity index is 1.61. The average molecular weight is 363 g/mol. The number of hydrogen-bond donors (Lipinski definition) is 0. The Morgan fingerprint density at radius 1 is 1.28 bits per heavy atom. The zero-order valence-corrected chi connectivity index (χ0v) is 14.0. The maximum Gasteiger partial charge on any atom is 0.410 e. The van der Waals surface area contributed by atoms with Gasteiger partial charge in [-0.3, -0.25) is 18.9 Å². The molecule has 4 heterocycles. The Kier molecular flexibility index (Phi) is 3.84. The molecule has 2 aliphatic rings. The smallest absolute Gasteiger partial charge is 0.410 e. The molecule has 4 rings (SSSR count). The Morgan fingerprint density at radius 2 is 2.12 bits per heavy atom. The van der Waals surface area contributed by atoms with Crippen LogP contribution in [0.2, 0.25) is 5.02 Å². The first kappa shape index (κ1) is 15.9. The van der Waals surface area contributed by atoms with Gasteiger partial charge in [0.1, 0.15) is 18.8 Å². The zero-order chi connectivity index (χ0) is 17.6. The van der Waals surface area contributed by atoms with Crippen LogP contribution in [0.25, 0.3) is 5.65 Å². The van der Waals surface area contributed by atoms with Crippen molar-refractivity contribution in [3.63, 3.8) is 0 Å². The number of nitrogens with zero attached hydrogens (tertiary/aromatic N) is 4. The monoisotopic (exact) mass is 362 g/mol. The number of carbonyl (C=O) groups is 2. The second kappa shape index (κ2) is 6.03. The quantitative estimate of drug-likeness (QED) is 0.784. The van der Waals surface area contributed by atoms with Crippen molar-refractivity contribution in [2.75, 3.05) is 26.2 Å².